The Morgan fingerprint density at radius 2 is 1.47 bits per heavy atom. The number of carbonyl (C=O) groups is 3. The Bertz CT molecular complexity index is 291. The van der Waals surface area contributed by atoms with Gasteiger partial charge in [0.2, 0.25) is 0 Å². The lowest BCUT2D eigenvalue weighted by atomic mass is 10.1. The summed E-state index contributed by atoms with van der Waals surface area (Å²) in [5.41, 5.74) is 0. The summed E-state index contributed by atoms with van der Waals surface area (Å²) in [5, 5.41) is 0. The van der Waals surface area contributed by atoms with Crippen LogP contribution in [-0.4, -0.2) is 39.2 Å². The monoisotopic (exact) mass is 244 g/mol. The van der Waals surface area contributed by atoms with Crippen LogP contribution in [0.3, 0.4) is 0 Å². The fraction of sp³-hybridized carbons (Fsp3) is 0.545. The Kier molecular flexibility index (Phi) is 7.41. The first-order chi connectivity index (χ1) is 8.06. The van der Waals surface area contributed by atoms with Gasteiger partial charge in [-0.3, -0.25) is 14.4 Å². The minimum Gasteiger partial charge on any atom is -0.469 e. The van der Waals surface area contributed by atoms with E-state index < -0.39 is 23.8 Å². The number of allylic oxidation sites excluding steroid dienone is 1. The molecule has 0 atom stereocenters. The molecule has 0 aromatic heterocycles. The van der Waals surface area contributed by atoms with Crippen LogP contribution in [0, 0.1) is 5.92 Å². The molecule has 0 saturated heterocycles. The molecule has 0 aliphatic rings. The number of hydrogen-bond acceptors (Lipinski definition) is 6. The van der Waals surface area contributed by atoms with Crippen LogP contribution in [0.4, 0.5) is 0 Å². The van der Waals surface area contributed by atoms with Gasteiger partial charge in [-0.1, -0.05) is 12.2 Å². The molecule has 0 rings (SSSR count). The number of esters is 3. The topological polar surface area (TPSA) is 78.9 Å². The smallest absolute Gasteiger partial charge is 0.320 e. The standard InChI is InChI=1S/C11H16O6/c1-15-9(12)7-5-4-6-8(10(13)16-2)11(14)17-3/h4-5,8H,6-7H2,1-3H3. The molecule has 96 valence electrons. The summed E-state index contributed by atoms with van der Waals surface area (Å²) in [4.78, 5) is 33.3. The Balaban J connectivity index is 4.31. The summed E-state index contributed by atoms with van der Waals surface area (Å²) in [6.07, 6.45) is 3.27. The quantitative estimate of drug-likeness (QED) is 0.292. The first-order valence-corrected chi connectivity index (χ1v) is 4.94. The van der Waals surface area contributed by atoms with Crippen LogP contribution in [0.2, 0.25) is 0 Å². The highest BCUT2D eigenvalue weighted by Gasteiger charge is 2.26. The molecule has 0 radical (unpaired) electrons. The van der Waals surface area contributed by atoms with Gasteiger partial charge in [-0.2, -0.15) is 0 Å². The summed E-state index contributed by atoms with van der Waals surface area (Å²) >= 11 is 0. The number of ether oxygens (including phenoxy) is 3. The van der Waals surface area contributed by atoms with E-state index in [4.69, 9.17) is 0 Å². The van der Waals surface area contributed by atoms with E-state index in [1.165, 1.54) is 33.5 Å². The number of rotatable bonds is 6. The van der Waals surface area contributed by atoms with Gasteiger partial charge < -0.3 is 14.2 Å². The molecule has 0 aromatic carbocycles. The Labute approximate surface area is 99.5 Å². The lowest BCUT2D eigenvalue weighted by molar-refractivity contribution is -0.158. The van der Waals surface area contributed by atoms with Crippen LogP contribution in [-0.2, 0) is 28.6 Å². The van der Waals surface area contributed by atoms with Crippen molar-refractivity contribution in [2.24, 2.45) is 5.92 Å². The summed E-state index contributed by atoms with van der Waals surface area (Å²) < 4.78 is 13.4. The van der Waals surface area contributed by atoms with E-state index in [-0.39, 0.29) is 12.8 Å². The Morgan fingerprint density at radius 1 is 0.941 bits per heavy atom. The lowest BCUT2D eigenvalue weighted by Gasteiger charge is -2.09. The molecule has 0 fully saturated rings. The molecule has 0 heterocycles. The Hall–Kier alpha value is -1.85. The molecule has 6 nitrogen and oxygen atoms in total. The summed E-state index contributed by atoms with van der Waals surface area (Å²) in [6.45, 7) is 0. The predicted octanol–water partition coefficient (Wildman–Crippen LogP) is 0.458. The predicted molar refractivity (Wildman–Crippen MR) is 57.9 cm³/mol. The van der Waals surface area contributed by atoms with Gasteiger partial charge in [0.25, 0.3) is 0 Å². The van der Waals surface area contributed by atoms with Gasteiger partial charge in [0, 0.05) is 0 Å². The van der Waals surface area contributed by atoms with E-state index >= 15 is 0 Å². The molecule has 6 heteroatoms. The molecular formula is C11H16O6. The highest BCUT2D eigenvalue weighted by Crippen LogP contribution is 2.09. The minimum absolute atomic E-state index is 0.0889. The van der Waals surface area contributed by atoms with E-state index in [0.29, 0.717) is 0 Å². The molecule has 17 heavy (non-hydrogen) atoms. The fourth-order valence-corrected chi connectivity index (χ4v) is 1.07. The molecule has 0 bridgehead atoms. The van der Waals surface area contributed by atoms with Crippen LogP contribution in [0.15, 0.2) is 12.2 Å². The van der Waals surface area contributed by atoms with Gasteiger partial charge in [-0.05, 0) is 6.42 Å². The van der Waals surface area contributed by atoms with Gasteiger partial charge in [0.15, 0.2) is 5.92 Å². The third kappa shape index (κ3) is 5.70. The van der Waals surface area contributed by atoms with Gasteiger partial charge >= 0.3 is 17.9 Å². The molecule has 0 saturated carbocycles. The van der Waals surface area contributed by atoms with E-state index in [0.717, 1.165) is 0 Å². The number of methoxy groups -OCH3 is 3. The maximum absolute atomic E-state index is 11.2. The third-order valence-corrected chi connectivity index (χ3v) is 2.02. The molecule has 0 N–H and O–H groups in total. The van der Waals surface area contributed by atoms with Crippen molar-refractivity contribution in [1.29, 1.82) is 0 Å². The lowest BCUT2D eigenvalue weighted by Crippen LogP contribution is -2.25. The van der Waals surface area contributed by atoms with E-state index in [1.54, 1.807) is 0 Å². The summed E-state index contributed by atoms with van der Waals surface area (Å²) in [7, 11) is 3.66. The summed E-state index contributed by atoms with van der Waals surface area (Å²) in [6, 6.07) is 0. The highest BCUT2D eigenvalue weighted by atomic mass is 16.5. The van der Waals surface area contributed by atoms with Gasteiger partial charge in [-0.25, -0.2) is 0 Å². The molecular weight excluding hydrogens is 228 g/mol. The largest absolute Gasteiger partial charge is 0.469 e. The normalized spacial score (nSPS) is 10.4. The zero-order valence-corrected chi connectivity index (χ0v) is 10.1. The van der Waals surface area contributed by atoms with Crippen LogP contribution in [0.1, 0.15) is 12.8 Å². The zero-order chi connectivity index (χ0) is 13.3. The second-order valence-corrected chi connectivity index (χ2v) is 3.09. The molecule has 0 unspecified atom stereocenters. The first kappa shape index (κ1) is 15.2. The van der Waals surface area contributed by atoms with Crippen molar-refractivity contribution in [2.75, 3.05) is 21.3 Å². The third-order valence-electron chi connectivity index (χ3n) is 2.02. The molecule has 0 aliphatic heterocycles. The van der Waals surface area contributed by atoms with Gasteiger partial charge in [-0.15, -0.1) is 0 Å². The molecule has 0 aromatic rings. The van der Waals surface area contributed by atoms with Crippen molar-refractivity contribution >= 4 is 17.9 Å². The van der Waals surface area contributed by atoms with E-state index in [2.05, 4.69) is 14.2 Å². The van der Waals surface area contributed by atoms with Crippen molar-refractivity contribution in [3.05, 3.63) is 12.2 Å². The average molecular weight is 244 g/mol. The second kappa shape index (κ2) is 8.32. The van der Waals surface area contributed by atoms with Gasteiger partial charge in [0.05, 0.1) is 27.8 Å². The second-order valence-electron chi connectivity index (χ2n) is 3.09. The van der Waals surface area contributed by atoms with Crippen molar-refractivity contribution in [2.45, 2.75) is 12.8 Å². The first-order valence-electron chi connectivity index (χ1n) is 4.94. The maximum atomic E-state index is 11.2. The Morgan fingerprint density at radius 3 is 1.88 bits per heavy atom. The van der Waals surface area contributed by atoms with Crippen LogP contribution < -0.4 is 0 Å². The maximum Gasteiger partial charge on any atom is 0.320 e. The fourth-order valence-electron chi connectivity index (χ4n) is 1.07. The van der Waals surface area contributed by atoms with Crippen LogP contribution in [0.5, 0.6) is 0 Å². The van der Waals surface area contributed by atoms with Crippen molar-refractivity contribution < 1.29 is 28.6 Å². The average Bonchev–Trinajstić information content (AvgIpc) is 2.36. The summed E-state index contributed by atoms with van der Waals surface area (Å²) in [5.74, 6) is -2.73. The van der Waals surface area contributed by atoms with Gasteiger partial charge in [0.1, 0.15) is 0 Å². The van der Waals surface area contributed by atoms with Crippen LogP contribution in [0.25, 0.3) is 0 Å². The van der Waals surface area contributed by atoms with Crippen molar-refractivity contribution in [3.8, 4) is 0 Å². The zero-order valence-electron chi connectivity index (χ0n) is 10.1. The minimum atomic E-state index is -1.00. The van der Waals surface area contributed by atoms with E-state index in [9.17, 15) is 14.4 Å². The number of carbonyl (C=O) groups excluding carboxylic acids is 3. The van der Waals surface area contributed by atoms with Crippen molar-refractivity contribution in [3.63, 3.8) is 0 Å². The molecule has 0 aliphatic carbocycles. The SMILES string of the molecule is COC(=O)CC=CCC(C(=O)OC)C(=O)OC. The highest BCUT2D eigenvalue weighted by molar-refractivity contribution is 5.94. The number of hydrogen-bond donors (Lipinski definition) is 0. The van der Waals surface area contributed by atoms with Crippen LogP contribution >= 0.6 is 0 Å². The molecule has 0 spiro atoms. The van der Waals surface area contributed by atoms with E-state index in [1.807, 2.05) is 0 Å². The molecule has 0 amide bonds. The van der Waals surface area contributed by atoms with Crippen molar-refractivity contribution in [1.82, 2.24) is 0 Å².